The zero-order chi connectivity index (χ0) is 16.0. The lowest BCUT2D eigenvalue weighted by Gasteiger charge is -2.35. The standard InChI is InChI=1S/C17H15N3O2S/c1-23(22)13-8-6-12(7-9-13)20-15-5-3-2-4-14(15)16(21)19-11-10-18-17(19)20/h2-9H,10-11H2,1H3. The molecule has 2 heterocycles. The quantitative estimate of drug-likeness (QED) is 0.797. The van der Waals surface area contributed by atoms with Gasteiger partial charge in [-0.2, -0.15) is 0 Å². The van der Waals surface area contributed by atoms with Crippen LogP contribution in [0.4, 0.5) is 11.4 Å². The van der Waals surface area contributed by atoms with E-state index in [0.717, 1.165) is 16.3 Å². The van der Waals surface area contributed by atoms with Gasteiger partial charge in [0.2, 0.25) is 5.96 Å². The predicted octanol–water partition coefficient (Wildman–Crippen LogP) is 2.39. The number of anilines is 2. The van der Waals surface area contributed by atoms with Gasteiger partial charge in [0.25, 0.3) is 5.91 Å². The molecule has 4 rings (SSSR count). The summed E-state index contributed by atoms with van der Waals surface area (Å²) in [6.45, 7) is 1.22. The SMILES string of the molecule is C[S+]([O-])c1ccc(N2C3=NCCN3C(=O)c3ccccc32)cc1. The van der Waals surface area contributed by atoms with E-state index in [1.54, 1.807) is 11.2 Å². The molecule has 23 heavy (non-hydrogen) atoms. The highest BCUT2D eigenvalue weighted by atomic mass is 32.2. The first-order valence-corrected chi connectivity index (χ1v) is 8.91. The minimum atomic E-state index is -1.01. The van der Waals surface area contributed by atoms with Crippen molar-refractivity contribution in [3.05, 3.63) is 54.1 Å². The number of fused-ring (bicyclic) bond motifs is 2. The first-order valence-electron chi connectivity index (χ1n) is 7.36. The number of rotatable bonds is 2. The first-order chi connectivity index (χ1) is 11.2. The summed E-state index contributed by atoms with van der Waals surface area (Å²) in [6, 6.07) is 15.1. The molecule has 0 radical (unpaired) electrons. The highest BCUT2D eigenvalue weighted by Gasteiger charge is 2.37. The van der Waals surface area contributed by atoms with Gasteiger partial charge in [0.1, 0.15) is 6.26 Å². The van der Waals surface area contributed by atoms with Crippen LogP contribution in [-0.4, -0.2) is 40.7 Å². The van der Waals surface area contributed by atoms with Crippen LogP contribution in [0.2, 0.25) is 0 Å². The second-order valence-corrected chi connectivity index (χ2v) is 6.82. The topological polar surface area (TPSA) is 59.0 Å². The average Bonchev–Trinajstić information content (AvgIpc) is 3.05. The fourth-order valence-corrected chi connectivity index (χ4v) is 3.48. The van der Waals surface area contributed by atoms with E-state index in [0.29, 0.717) is 24.6 Å². The Morgan fingerprint density at radius 1 is 1.13 bits per heavy atom. The van der Waals surface area contributed by atoms with Gasteiger partial charge < -0.3 is 4.55 Å². The van der Waals surface area contributed by atoms with E-state index in [9.17, 15) is 9.35 Å². The Morgan fingerprint density at radius 2 is 1.87 bits per heavy atom. The second-order valence-electron chi connectivity index (χ2n) is 5.44. The second kappa shape index (κ2) is 5.40. The molecule has 0 aromatic heterocycles. The van der Waals surface area contributed by atoms with Crippen molar-refractivity contribution in [2.45, 2.75) is 4.90 Å². The summed E-state index contributed by atoms with van der Waals surface area (Å²) >= 11 is -1.01. The fourth-order valence-electron chi connectivity index (χ4n) is 2.96. The van der Waals surface area contributed by atoms with Crippen LogP contribution in [-0.2, 0) is 11.2 Å². The van der Waals surface area contributed by atoms with Gasteiger partial charge in [0.15, 0.2) is 4.90 Å². The molecule has 1 unspecified atom stereocenters. The maximum Gasteiger partial charge on any atom is 0.262 e. The molecule has 1 amide bonds. The summed E-state index contributed by atoms with van der Waals surface area (Å²) in [6.07, 6.45) is 1.66. The first kappa shape index (κ1) is 14.3. The molecule has 2 aromatic rings. The van der Waals surface area contributed by atoms with E-state index in [2.05, 4.69) is 4.99 Å². The van der Waals surface area contributed by atoms with Crippen molar-refractivity contribution in [1.29, 1.82) is 0 Å². The molecule has 2 aliphatic heterocycles. The molecular formula is C17H15N3O2S. The summed E-state index contributed by atoms with van der Waals surface area (Å²) in [5.41, 5.74) is 2.42. The molecule has 2 aromatic carbocycles. The molecule has 0 bridgehead atoms. The summed E-state index contributed by atoms with van der Waals surface area (Å²) < 4.78 is 11.6. The van der Waals surface area contributed by atoms with E-state index < -0.39 is 11.2 Å². The Morgan fingerprint density at radius 3 is 2.61 bits per heavy atom. The normalized spacial score (nSPS) is 17.7. The van der Waals surface area contributed by atoms with Crippen LogP contribution in [0.1, 0.15) is 10.4 Å². The number of carbonyl (C=O) groups is 1. The molecule has 0 aliphatic carbocycles. The van der Waals surface area contributed by atoms with Gasteiger partial charge in [-0.05, 0) is 47.6 Å². The van der Waals surface area contributed by atoms with Crippen LogP contribution in [0, 0.1) is 0 Å². The smallest absolute Gasteiger partial charge is 0.262 e. The Balaban J connectivity index is 1.85. The molecule has 0 saturated heterocycles. The lowest BCUT2D eigenvalue weighted by atomic mass is 10.1. The van der Waals surface area contributed by atoms with Crippen LogP contribution in [0.5, 0.6) is 0 Å². The van der Waals surface area contributed by atoms with Crippen LogP contribution in [0.15, 0.2) is 58.4 Å². The van der Waals surface area contributed by atoms with Gasteiger partial charge in [-0.1, -0.05) is 12.1 Å². The maximum atomic E-state index is 12.6. The zero-order valence-electron chi connectivity index (χ0n) is 12.6. The number of carbonyl (C=O) groups excluding carboxylic acids is 1. The third kappa shape index (κ3) is 2.22. The van der Waals surface area contributed by atoms with E-state index in [1.165, 1.54) is 0 Å². The number of benzene rings is 2. The zero-order valence-corrected chi connectivity index (χ0v) is 13.4. The van der Waals surface area contributed by atoms with Gasteiger partial charge in [-0.15, -0.1) is 0 Å². The Kier molecular flexibility index (Phi) is 3.36. The van der Waals surface area contributed by atoms with Crippen molar-refractivity contribution in [3.63, 3.8) is 0 Å². The maximum absolute atomic E-state index is 12.6. The molecule has 5 nitrogen and oxygen atoms in total. The number of guanidine groups is 1. The Labute approximate surface area is 137 Å². The third-order valence-corrected chi connectivity index (χ3v) is 5.00. The minimum Gasteiger partial charge on any atom is -0.612 e. The van der Waals surface area contributed by atoms with Crippen LogP contribution in [0.25, 0.3) is 0 Å². The average molecular weight is 325 g/mol. The van der Waals surface area contributed by atoms with E-state index in [1.807, 2.05) is 53.4 Å². The largest absolute Gasteiger partial charge is 0.612 e. The van der Waals surface area contributed by atoms with Crippen molar-refractivity contribution in [2.24, 2.45) is 4.99 Å². The van der Waals surface area contributed by atoms with Crippen molar-refractivity contribution in [1.82, 2.24) is 4.90 Å². The summed E-state index contributed by atoms with van der Waals surface area (Å²) in [5.74, 6) is 0.665. The Bertz CT molecular complexity index is 802. The number of para-hydroxylation sites is 1. The monoisotopic (exact) mass is 325 g/mol. The predicted molar refractivity (Wildman–Crippen MR) is 90.7 cm³/mol. The van der Waals surface area contributed by atoms with Gasteiger partial charge in [-0.3, -0.25) is 19.6 Å². The third-order valence-electron chi connectivity index (χ3n) is 4.07. The molecule has 6 heteroatoms. The molecule has 0 fully saturated rings. The van der Waals surface area contributed by atoms with E-state index in [-0.39, 0.29) is 5.91 Å². The lowest BCUT2D eigenvalue weighted by molar-refractivity contribution is 0.0853. The van der Waals surface area contributed by atoms with Crippen molar-refractivity contribution < 1.29 is 9.35 Å². The van der Waals surface area contributed by atoms with Crippen LogP contribution >= 0.6 is 0 Å². The summed E-state index contributed by atoms with van der Waals surface area (Å²) in [7, 11) is 0. The molecule has 2 aliphatic rings. The van der Waals surface area contributed by atoms with Crippen molar-refractivity contribution in [2.75, 3.05) is 24.2 Å². The van der Waals surface area contributed by atoms with Crippen LogP contribution in [0.3, 0.4) is 0 Å². The van der Waals surface area contributed by atoms with E-state index >= 15 is 0 Å². The van der Waals surface area contributed by atoms with Gasteiger partial charge in [0.05, 0.1) is 17.8 Å². The number of hydrogen-bond acceptors (Lipinski definition) is 4. The van der Waals surface area contributed by atoms with Gasteiger partial charge in [-0.25, -0.2) is 0 Å². The summed E-state index contributed by atoms with van der Waals surface area (Å²) in [4.78, 5) is 21.6. The van der Waals surface area contributed by atoms with Crippen LogP contribution < -0.4 is 4.90 Å². The number of aliphatic imine (C=N–C) groups is 1. The fraction of sp³-hybridized carbons (Fsp3) is 0.176. The molecule has 0 spiro atoms. The molecule has 0 saturated carbocycles. The number of nitrogens with zero attached hydrogens (tertiary/aromatic N) is 3. The highest BCUT2D eigenvalue weighted by molar-refractivity contribution is 7.90. The van der Waals surface area contributed by atoms with Crippen molar-refractivity contribution >= 4 is 34.4 Å². The molecule has 116 valence electrons. The molecular weight excluding hydrogens is 310 g/mol. The minimum absolute atomic E-state index is 0.000572. The summed E-state index contributed by atoms with van der Waals surface area (Å²) in [5, 5.41) is 0. The number of hydrogen-bond donors (Lipinski definition) is 0. The van der Waals surface area contributed by atoms with Crippen molar-refractivity contribution in [3.8, 4) is 0 Å². The highest BCUT2D eigenvalue weighted by Crippen LogP contribution is 2.36. The van der Waals surface area contributed by atoms with E-state index in [4.69, 9.17) is 0 Å². The molecule has 1 atom stereocenters. The lowest BCUT2D eigenvalue weighted by Crippen LogP contribution is -2.47. The number of amides is 1. The Hall–Kier alpha value is -2.31. The van der Waals surface area contributed by atoms with Gasteiger partial charge >= 0.3 is 0 Å². The van der Waals surface area contributed by atoms with Gasteiger partial charge in [0, 0.05) is 12.2 Å². The molecule has 0 N–H and O–H groups in total.